The smallest absolute Gasteiger partial charge is 0.407 e. The summed E-state index contributed by atoms with van der Waals surface area (Å²) in [6.45, 7) is 6.32. The molecule has 4 N–H and O–H groups in total. The summed E-state index contributed by atoms with van der Waals surface area (Å²) in [5.74, 6) is -0.158. The molecule has 4 heterocycles. The summed E-state index contributed by atoms with van der Waals surface area (Å²) < 4.78 is 5.47. The number of carbonyl (C=O) groups excluding carboxylic acids is 1. The Morgan fingerprint density at radius 1 is 1.14 bits per heavy atom. The van der Waals surface area contributed by atoms with Crippen LogP contribution in [0.3, 0.4) is 0 Å². The number of amides is 2. The van der Waals surface area contributed by atoms with E-state index in [-0.39, 0.29) is 17.6 Å². The summed E-state index contributed by atoms with van der Waals surface area (Å²) in [5.41, 5.74) is 9.37. The Hall–Kier alpha value is -3.83. The fourth-order valence-electron chi connectivity index (χ4n) is 5.05. The minimum Gasteiger partial charge on any atom is -0.465 e. The third kappa shape index (κ3) is 5.32. The standard InChI is InChI=1S/C26H31N7O4/c1-16(32-9-11-37-12-10-32)17-4-6-18(7-5-17)21-13-20(24(27)34)22-23(31-21)25(29-15-28-22)30-19-3-2-8-33(14-19)26(35)36/h4-7,13,15-16,19H,2-3,8-12,14H2,1H3,(H2,27,34)(H,35,36)(H,28,29,30)/t16?,19-/m0/s1. The van der Waals surface area contributed by atoms with Gasteiger partial charge in [-0.25, -0.2) is 19.7 Å². The van der Waals surface area contributed by atoms with Crippen LogP contribution in [0.25, 0.3) is 22.3 Å². The number of morpholine rings is 1. The van der Waals surface area contributed by atoms with E-state index in [0.717, 1.165) is 44.7 Å². The average molecular weight is 506 g/mol. The molecule has 0 bridgehead atoms. The molecule has 0 aliphatic carbocycles. The molecule has 5 rings (SSSR count). The molecule has 2 atom stereocenters. The van der Waals surface area contributed by atoms with Crippen molar-refractivity contribution in [2.45, 2.75) is 31.8 Å². The van der Waals surface area contributed by atoms with Gasteiger partial charge >= 0.3 is 6.09 Å². The monoisotopic (exact) mass is 505 g/mol. The summed E-state index contributed by atoms with van der Waals surface area (Å²) in [6.07, 6.45) is 1.95. The second-order valence-corrected chi connectivity index (χ2v) is 9.50. The van der Waals surface area contributed by atoms with Gasteiger partial charge in [0.25, 0.3) is 5.91 Å². The van der Waals surface area contributed by atoms with E-state index in [4.69, 9.17) is 15.5 Å². The van der Waals surface area contributed by atoms with Crippen LogP contribution in [0.1, 0.15) is 41.7 Å². The van der Waals surface area contributed by atoms with Crippen LogP contribution in [-0.4, -0.2) is 87.3 Å². The maximum atomic E-state index is 12.4. The lowest BCUT2D eigenvalue weighted by Crippen LogP contribution is -2.44. The van der Waals surface area contributed by atoms with Crippen LogP contribution in [0.2, 0.25) is 0 Å². The van der Waals surface area contributed by atoms with E-state index in [0.29, 0.717) is 35.6 Å². The number of benzene rings is 1. The Balaban J connectivity index is 1.47. The molecule has 1 aromatic carbocycles. The maximum Gasteiger partial charge on any atom is 0.407 e. The van der Waals surface area contributed by atoms with E-state index >= 15 is 0 Å². The van der Waals surface area contributed by atoms with Gasteiger partial charge in [0.1, 0.15) is 17.4 Å². The van der Waals surface area contributed by atoms with E-state index < -0.39 is 12.0 Å². The number of hydrogen-bond donors (Lipinski definition) is 3. The summed E-state index contributed by atoms with van der Waals surface area (Å²) in [6, 6.07) is 9.93. The Morgan fingerprint density at radius 3 is 2.59 bits per heavy atom. The quantitative estimate of drug-likeness (QED) is 0.460. The normalized spacial score (nSPS) is 19.5. The van der Waals surface area contributed by atoms with E-state index in [1.165, 1.54) is 16.8 Å². The zero-order chi connectivity index (χ0) is 25.9. The molecule has 2 aliphatic heterocycles. The number of likely N-dealkylation sites (tertiary alicyclic amines) is 1. The Morgan fingerprint density at radius 2 is 1.89 bits per heavy atom. The van der Waals surface area contributed by atoms with Gasteiger partial charge in [-0.05, 0) is 31.4 Å². The number of piperidine rings is 1. The van der Waals surface area contributed by atoms with Gasteiger partial charge in [-0.3, -0.25) is 9.69 Å². The minimum atomic E-state index is -0.943. The van der Waals surface area contributed by atoms with Crippen molar-refractivity contribution in [2.75, 3.05) is 44.7 Å². The molecule has 2 aliphatic rings. The predicted octanol–water partition coefficient (Wildman–Crippen LogP) is 2.74. The van der Waals surface area contributed by atoms with Crippen molar-refractivity contribution in [3.05, 3.63) is 47.8 Å². The van der Waals surface area contributed by atoms with Gasteiger partial charge in [-0.15, -0.1) is 0 Å². The second-order valence-electron chi connectivity index (χ2n) is 9.50. The van der Waals surface area contributed by atoms with Crippen LogP contribution in [0.15, 0.2) is 36.7 Å². The van der Waals surface area contributed by atoms with Gasteiger partial charge in [-0.2, -0.15) is 0 Å². The molecule has 37 heavy (non-hydrogen) atoms. The molecular formula is C26H31N7O4. The molecule has 2 aromatic heterocycles. The number of nitrogens with one attached hydrogen (secondary N) is 1. The van der Waals surface area contributed by atoms with Gasteiger partial charge in [0, 0.05) is 43.8 Å². The van der Waals surface area contributed by atoms with E-state index in [1.54, 1.807) is 6.07 Å². The highest BCUT2D eigenvalue weighted by atomic mass is 16.5. The summed E-state index contributed by atoms with van der Waals surface area (Å²) in [5, 5.41) is 12.7. The Labute approximate surface area is 214 Å². The third-order valence-electron chi connectivity index (χ3n) is 7.17. The van der Waals surface area contributed by atoms with Crippen molar-refractivity contribution in [3.63, 3.8) is 0 Å². The van der Waals surface area contributed by atoms with Crippen molar-refractivity contribution in [3.8, 4) is 11.3 Å². The lowest BCUT2D eigenvalue weighted by molar-refractivity contribution is 0.0198. The molecule has 3 aromatic rings. The van der Waals surface area contributed by atoms with Crippen LogP contribution in [0, 0.1) is 0 Å². The molecular weight excluding hydrogens is 474 g/mol. The van der Waals surface area contributed by atoms with Crippen LogP contribution >= 0.6 is 0 Å². The molecule has 0 radical (unpaired) electrons. The lowest BCUT2D eigenvalue weighted by atomic mass is 10.0. The first-order chi connectivity index (χ1) is 17.9. The molecule has 2 amide bonds. The second kappa shape index (κ2) is 10.7. The molecule has 11 nitrogen and oxygen atoms in total. The first kappa shape index (κ1) is 24.8. The zero-order valence-electron chi connectivity index (χ0n) is 20.8. The summed E-state index contributed by atoms with van der Waals surface area (Å²) in [7, 11) is 0. The molecule has 2 saturated heterocycles. The van der Waals surface area contributed by atoms with Gasteiger partial charge in [0.15, 0.2) is 5.82 Å². The first-order valence-corrected chi connectivity index (χ1v) is 12.5. The third-order valence-corrected chi connectivity index (χ3v) is 7.17. The highest BCUT2D eigenvalue weighted by Crippen LogP contribution is 2.29. The minimum absolute atomic E-state index is 0.133. The maximum absolute atomic E-state index is 12.4. The predicted molar refractivity (Wildman–Crippen MR) is 138 cm³/mol. The van der Waals surface area contributed by atoms with Crippen molar-refractivity contribution in [2.24, 2.45) is 5.73 Å². The fourth-order valence-corrected chi connectivity index (χ4v) is 5.05. The molecule has 11 heteroatoms. The van der Waals surface area contributed by atoms with Crippen molar-refractivity contribution in [1.82, 2.24) is 24.8 Å². The number of primary amides is 1. The van der Waals surface area contributed by atoms with Crippen molar-refractivity contribution >= 4 is 28.9 Å². The number of ether oxygens (including phenoxy) is 1. The van der Waals surface area contributed by atoms with Gasteiger partial charge in [0.05, 0.1) is 24.5 Å². The molecule has 194 valence electrons. The van der Waals surface area contributed by atoms with Gasteiger partial charge in [-0.1, -0.05) is 24.3 Å². The zero-order valence-corrected chi connectivity index (χ0v) is 20.8. The van der Waals surface area contributed by atoms with Gasteiger partial charge in [0.2, 0.25) is 0 Å². The number of carbonyl (C=O) groups is 2. The molecule has 1 unspecified atom stereocenters. The molecule has 2 fully saturated rings. The summed E-state index contributed by atoms with van der Waals surface area (Å²) in [4.78, 5) is 41.1. The number of nitrogens with zero attached hydrogens (tertiary/aromatic N) is 5. The molecule has 0 saturated carbocycles. The van der Waals surface area contributed by atoms with E-state index in [2.05, 4.69) is 39.2 Å². The number of pyridine rings is 1. The van der Waals surface area contributed by atoms with Crippen molar-refractivity contribution < 1.29 is 19.4 Å². The SMILES string of the molecule is CC(c1ccc(-c2cc(C(N)=O)c3ncnc(N[C@H]4CCCN(C(=O)O)C4)c3n2)cc1)N1CCOCC1. The van der Waals surface area contributed by atoms with Gasteiger partial charge < -0.3 is 25.8 Å². The number of aromatic nitrogens is 3. The van der Waals surface area contributed by atoms with Crippen LogP contribution in [0.5, 0.6) is 0 Å². The summed E-state index contributed by atoms with van der Waals surface area (Å²) >= 11 is 0. The van der Waals surface area contributed by atoms with Crippen LogP contribution < -0.4 is 11.1 Å². The first-order valence-electron chi connectivity index (χ1n) is 12.5. The number of nitrogens with two attached hydrogens (primary N) is 1. The number of fused-ring (bicyclic) bond motifs is 1. The van der Waals surface area contributed by atoms with E-state index in [9.17, 15) is 14.7 Å². The van der Waals surface area contributed by atoms with E-state index in [1.807, 2.05) is 12.1 Å². The highest BCUT2D eigenvalue weighted by molar-refractivity contribution is 6.06. The number of carboxylic acid groups (broad SMARTS) is 1. The van der Waals surface area contributed by atoms with Crippen LogP contribution in [-0.2, 0) is 4.74 Å². The highest BCUT2D eigenvalue weighted by Gasteiger charge is 2.25. The lowest BCUT2D eigenvalue weighted by Gasteiger charge is -2.32. The fraction of sp³-hybridized carbons (Fsp3) is 0.423. The Bertz CT molecular complexity index is 1290. The van der Waals surface area contributed by atoms with Crippen LogP contribution in [0.4, 0.5) is 10.6 Å². The average Bonchev–Trinajstić information content (AvgIpc) is 2.93. The number of anilines is 1. The topological polar surface area (TPSA) is 147 Å². The number of rotatable bonds is 6. The molecule has 0 spiro atoms. The van der Waals surface area contributed by atoms with Crippen molar-refractivity contribution in [1.29, 1.82) is 0 Å². The largest absolute Gasteiger partial charge is 0.465 e. The number of hydrogen-bond acceptors (Lipinski definition) is 8. The Kier molecular flexibility index (Phi) is 7.15.